The summed E-state index contributed by atoms with van der Waals surface area (Å²) in [7, 11) is 0. The number of nitrogens with two attached hydrogens (primary N) is 1. The van der Waals surface area contributed by atoms with Crippen LogP contribution >= 0.6 is 11.6 Å². The van der Waals surface area contributed by atoms with Gasteiger partial charge in [0.1, 0.15) is 0 Å². The molecule has 4 nitrogen and oxygen atoms in total. The summed E-state index contributed by atoms with van der Waals surface area (Å²) >= 11 is 5.95. The number of amides is 1. The highest BCUT2D eigenvalue weighted by Crippen LogP contribution is 2.32. The Morgan fingerprint density at radius 2 is 2.24 bits per heavy atom. The number of rotatable bonds is 3. The van der Waals surface area contributed by atoms with Gasteiger partial charge in [-0.05, 0) is 37.5 Å². The maximum Gasteiger partial charge on any atom is 0.253 e. The fourth-order valence-electron chi connectivity index (χ4n) is 1.95. The molecule has 1 aromatic carbocycles. The minimum Gasteiger partial charge on any atom is -0.399 e. The minimum atomic E-state index is -0.457. The summed E-state index contributed by atoms with van der Waals surface area (Å²) in [6, 6.07) is 4.77. The van der Waals surface area contributed by atoms with Crippen molar-refractivity contribution in [3.05, 3.63) is 28.8 Å². The standard InChI is InChI=1S/C12H15ClN2O2/c13-10-6-8(14)2-3-9(10)11(17)15-12(7-16)4-1-5-12/h2-3,6,16H,1,4-5,7,14H2,(H,15,17). The molecular weight excluding hydrogens is 240 g/mol. The first-order valence-corrected chi connectivity index (χ1v) is 5.92. The van der Waals surface area contributed by atoms with Gasteiger partial charge in [0.25, 0.3) is 5.91 Å². The van der Waals surface area contributed by atoms with E-state index in [0.717, 1.165) is 19.3 Å². The van der Waals surface area contributed by atoms with Crippen molar-refractivity contribution in [1.82, 2.24) is 5.32 Å². The first-order valence-electron chi connectivity index (χ1n) is 5.55. The molecule has 0 aromatic heterocycles. The van der Waals surface area contributed by atoms with Crippen molar-refractivity contribution in [3.8, 4) is 0 Å². The molecule has 0 aliphatic heterocycles. The Morgan fingerprint density at radius 3 is 2.71 bits per heavy atom. The molecule has 1 amide bonds. The van der Waals surface area contributed by atoms with E-state index in [9.17, 15) is 9.90 Å². The first kappa shape index (κ1) is 12.2. The van der Waals surface area contributed by atoms with Crippen molar-refractivity contribution in [1.29, 1.82) is 0 Å². The summed E-state index contributed by atoms with van der Waals surface area (Å²) in [5.41, 5.74) is 6.02. The highest BCUT2D eigenvalue weighted by molar-refractivity contribution is 6.34. The van der Waals surface area contributed by atoms with Crippen molar-refractivity contribution in [2.24, 2.45) is 0 Å². The Bertz CT molecular complexity index is 439. The van der Waals surface area contributed by atoms with Crippen molar-refractivity contribution < 1.29 is 9.90 Å². The number of halogens is 1. The molecular formula is C12H15ClN2O2. The van der Waals surface area contributed by atoms with E-state index >= 15 is 0 Å². The molecule has 5 heteroatoms. The van der Waals surface area contributed by atoms with E-state index in [1.165, 1.54) is 0 Å². The summed E-state index contributed by atoms with van der Waals surface area (Å²) in [6.45, 7) is -0.0364. The average molecular weight is 255 g/mol. The second-order valence-corrected chi connectivity index (χ2v) is 4.89. The average Bonchev–Trinajstić information content (AvgIpc) is 2.23. The van der Waals surface area contributed by atoms with E-state index in [-0.39, 0.29) is 12.5 Å². The van der Waals surface area contributed by atoms with E-state index < -0.39 is 5.54 Å². The van der Waals surface area contributed by atoms with Crippen molar-refractivity contribution in [2.45, 2.75) is 24.8 Å². The van der Waals surface area contributed by atoms with Gasteiger partial charge in [-0.15, -0.1) is 0 Å². The van der Waals surface area contributed by atoms with Gasteiger partial charge in [0.15, 0.2) is 0 Å². The van der Waals surface area contributed by atoms with Gasteiger partial charge >= 0.3 is 0 Å². The molecule has 0 saturated heterocycles. The number of nitrogen functional groups attached to an aromatic ring is 1. The molecule has 0 unspecified atom stereocenters. The van der Waals surface area contributed by atoms with Crippen LogP contribution in [0.4, 0.5) is 5.69 Å². The number of anilines is 1. The summed E-state index contributed by atoms with van der Waals surface area (Å²) in [6.07, 6.45) is 2.64. The Hall–Kier alpha value is -1.26. The van der Waals surface area contributed by atoms with Gasteiger partial charge in [-0.2, -0.15) is 0 Å². The Morgan fingerprint density at radius 1 is 1.53 bits per heavy atom. The van der Waals surface area contributed by atoms with Crippen molar-refractivity contribution in [2.75, 3.05) is 12.3 Å². The van der Waals surface area contributed by atoms with Gasteiger partial charge in [0.05, 0.1) is 22.7 Å². The molecule has 92 valence electrons. The quantitative estimate of drug-likeness (QED) is 0.717. The topological polar surface area (TPSA) is 75.4 Å². The van der Waals surface area contributed by atoms with Crippen LogP contribution in [0.1, 0.15) is 29.6 Å². The van der Waals surface area contributed by atoms with Crippen LogP contribution in [0, 0.1) is 0 Å². The fourth-order valence-corrected chi connectivity index (χ4v) is 2.22. The van der Waals surface area contributed by atoms with E-state index in [1.807, 2.05) is 0 Å². The van der Waals surface area contributed by atoms with Crippen LogP contribution in [-0.2, 0) is 0 Å². The second-order valence-electron chi connectivity index (χ2n) is 4.49. The molecule has 1 aromatic rings. The summed E-state index contributed by atoms with van der Waals surface area (Å²) < 4.78 is 0. The molecule has 0 atom stereocenters. The van der Waals surface area contributed by atoms with Crippen LogP contribution in [0.15, 0.2) is 18.2 Å². The minimum absolute atomic E-state index is 0.0364. The highest BCUT2D eigenvalue weighted by Gasteiger charge is 2.38. The largest absolute Gasteiger partial charge is 0.399 e. The third-order valence-electron chi connectivity index (χ3n) is 3.23. The number of benzene rings is 1. The van der Waals surface area contributed by atoms with Gasteiger partial charge in [0, 0.05) is 5.69 Å². The van der Waals surface area contributed by atoms with Crippen LogP contribution in [0.3, 0.4) is 0 Å². The molecule has 0 radical (unpaired) electrons. The number of carbonyl (C=O) groups excluding carboxylic acids is 1. The molecule has 1 saturated carbocycles. The Labute approximate surface area is 105 Å². The lowest BCUT2D eigenvalue weighted by Gasteiger charge is -2.41. The molecule has 0 heterocycles. The lowest BCUT2D eigenvalue weighted by Crippen LogP contribution is -2.56. The molecule has 17 heavy (non-hydrogen) atoms. The lowest BCUT2D eigenvalue weighted by molar-refractivity contribution is 0.0642. The Kier molecular flexibility index (Phi) is 3.26. The second kappa shape index (κ2) is 4.55. The molecule has 0 spiro atoms. The number of aliphatic hydroxyl groups excluding tert-OH is 1. The van der Waals surface area contributed by atoms with Crippen molar-refractivity contribution >= 4 is 23.2 Å². The first-order chi connectivity index (χ1) is 8.06. The van der Waals surface area contributed by atoms with Gasteiger partial charge in [-0.25, -0.2) is 0 Å². The van der Waals surface area contributed by atoms with Gasteiger partial charge in [-0.1, -0.05) is 11.6 Å². The molecule has 2 rings (SSSR count). The number of hydrogen-bond donors (Lipinski definition) is 3. The van der Waals surface area contributed by atoms with E-state index in [0.29, 0.717) is 16.3 Å². The van der Waals surface area contributed by atoms with E-state index in [1.54, 1.807) is 18.2 Å². The molecule has 1 aliphatic rings. The van der Waals surface area contributed by atoms with Crippen LogP contribution in [0.2, 0.25) is 5.02 Å². The van der Waals surface area contributed by atoms with Crippen LogP contribution in [0.25, 0.3) is 0 Å². The summed E-state index contributed by atoms with van der Waals surface area (Å²) in [5.74, 6) is -0.260. The zero-order valence-corrected chi connectivity index (χ0v) is 10.1. The highest BCUT2D eigenvalue weighted by atomic mass is 35.5. The van der Waals surface area contributed by atoms with Gasteiger partial charge in [0.2, 0.25) is 0 Å². The third-order valence-corrected chi connectivity index (χ3v) is 3.54. The third kappa shape index (κ3) is 2.37. The molecule has 4 N–H and O–H groups in total. The predicted octanol–water partition coefficient (Wildman–Crippen LogP) is 1.57. The van der Waals surface area contributed by atoms with E-state index in [4.69, 9.17) is 17.3 Å². The van der Waals surface area contributed by atoms with Crippen LogP contribution < -0.4 is 11.1 Å². The van der Waals surface area contributed by atoms with Gasteiger partial charge < -0.3 is 16.2 Å². The van der Waals surface area contributed by atoms with Crippen LogP contribution in [-0.4, -0.2) is 23.2 Å². The predicted molar refractivity (Wildman–Crippen MR) is 67.0 cm³/mol. The zero-order valence-electron chi connectivity index (χ0n) is 9.37. The number of carbonyl (C=O) groups is 1. The number of aliphatic hydroxyl groups is 1. The maximum atomic E-state index is 12.0. The smallest absolute Gasteiger partial charge is 0.253 e. The monoisotopic (exact) mass is 254 g/mol. The Balaban J connectivity index is 2.14. The normalized spacial score (nSPS) is 17.3. The fraction of sp³-hybridized carbons (Fsp3) is 0.417. The molecule has 1 aliphatic carbocycles. The van der Waals surface area contributed by atoms with Crippen LogP contribution in [0.5, 0.6) is 0 Å². The SMILES string of the molecule is Nc1ccc(C(=O)NC2(CO)CCC2)c(Cl)c1. The molecule has 1 fully saturated rings. The summed E-state index contributed by atoms with van der Waals surface area (Å²) in [5, 5.41) is 12.4. The molecule has 0 bridgehead atoms. The van der Waals surface area contributed by atoms with E-state index in [2.05, 4.69) is 5.32 Å². The summed E-state index contributed by atoms with van der Waals surface area (Å²) in [4.78, 5) is 12.0. The maximum absolute atomic E-state index is 12.0. The zero-order chi connectivity index (χ0) is 12.5. The number of nitrogens with one attached hydrogen (secondary N) is 1. The van der Waals surface area contributed by atoms with Gasteiger partial charge in [-0.3, -0.25) is 4.79 Å². The lowest BCUT2D eigenvalue weighted by atomic mass is 9.77. The van der Waals surface area contributed by atoms with Crippen molar-refractivity contribution in [3.63, 3.8) is 0 Å². The number of hydrogen-bond acceptors (Lipinski definition) is 3.